The fraction of sp³-hybridized carbons (Fsp3) is 1.00. The molecule has 0 radical (unpaired) electrons. The molecule has 1 aliphatic carbocycles. The number of nitrogens with one attached hydrogen (secondary N) is 2. The summed E-state index contributed by atoms with van der Waals surface area (Å²) in [6.45, 7) is 4.40. The van der Waals surface area contributed by atoms with E-state index >= 15 is 0 Å². The number of hydrogen-bond donors (Lipinski definition) is 3. The Balaban J connectivity index is 1.88. The molecule has 0 aromatic rings. The van der Waals surface area contributed by atoms with Crippen molar-refractivity contribution in [3.05, 3.63) is 0 Å². The van der Waals surface area contributed by atoms with Crippen LogP contribution in [-0.4, -0.2) is 35.9 Å². The van der Waals surface area contributed by atoms with Crippen LogP contribution in [0.1, 0.15) is 39.0 Å². The molecule has 3 heteroatoms. The number of aliphatic hydroxyl groups is 1. The lowest BCUT2D eigenvalue weighted by Crippen LogP contribution is -2.54. The Kier molecular flexibility index (Phi) is 3.10. The highest BCUT2D eigenvalue weighted by molar-refractivity contribution is 4.96. The van der Waals surface area contributed by atoms with E-state index in [0.29, 0.717) is 6.04 Å². The van der Waals surface area contributed by atoms with Crippen molar-refractivity contribution in [2.24, 2.45) is 0 Å². The maximum Gasteiger partial charge on any atom is 0.0693 e. The van der Waals surface area contributed by atoms with Crippen molar-refractivity contribution in [1.29, 1.82) is 0 Å². The van der Waals surface area contributed by atoms with E-state index in [-0.39, 0.29) is 11.6 Å². The highest BCUT2D eigenvalue weighted by atomic mass is 16.3. The van der Waals surface area contributed by atoms with Crippen molar-refractivity contribution in [3.63, 3.8) is 0 Å². The summed E-state index contributed by atoms with van der Waals surface area (Å²) in [6, 6.07) is 0.327. The first kappa shape index (κ1) is 10.4. The minimum Gasteiger partial charge on any atom is -0.392 e. The van der Waals surface area contributed by atoms with Gasteiger partial charge in [-0.05, 0) is 32.7 Å². The van der Waals surface area contributed by atoms with Gasteiger partial charge in [-0.1, -0.05) is 12.8 Å². The molecule has 3 unspecified atom stereocenters. The lowest BCUT2D eigenvalue weighted by atomic mass is 9.89. The largest absolute Gasteiger partial charge is 0.392 e. The fourth-order valence-electron chi connectivity index (χ4n) is 2.67. The zero-order valence-electron chi connectivity index (χ0n) is 9.05. The molecular formula is C11H22N2O. The normalized spacial score (nSPS) is 44.1. The van der Waals surface area contributed by atoms with Crippen LogP contribution in [0.2, 0.25) is 0 Å². The van der Waals surface area contributed by atoms with Gasteiger partial charge in [-0.25, -0.2) is 0 Å². The zero-order valence-corrected chi connectivity index (χ0v) is 9.05. The molecule has 1 heterocycles. The van der Waals surface area contributed by atoms with Crippen molar-refractivity contribution >= 4 is 0 Å². The zero-order chi connectivity index (χ0) is 10.0. The number of aliphatic hydroxyl groups excluding tert-OH is 1. The first-order chi connectivity index (χ1) is 6.70. The number of hydrogen-bond acceptors (Lipinski definition) is 3. The third-order valence-electron chi connectivity index (χ3n) is 3.63. The third kappa shape index (κ3) is 2.27. The Morgan fingerprint density at radius 2 is 2.14 bits per heavy atom. The molecule has 0 aromatic carbocycles. The van der Waals surface area contributed by atoms with E-state index in [9.17, 15) is 5.11 Å². The van der Waals surface area contributed by atoms with Crippen molar-refractivity contribution in [1.82, 2.24) is 10.6 Å². The van der Waals surface area contributed by atoms with Crippen molar-refractivity contribution in [2.75, 3.05) is 13.1 Å². The first-order valence-electron chi connectivity index (χ1n) is 5.86. The Morgan fingerprint density at radius 1 is 1.36 bits per heavy atom. The van der Waals surface area contributed by atoms with Gasteiger partial charge in [-0.15, -0.1) is 0 Å². The summed E-state index contributed by atoms with van der Waals surface area (Å²) in [4.78, 5) is 0. The molecule has 3 nitrogen and oxygen atoms in total. The molecule has 1 aliphatic heterocycles. The predicted octanol–water partition coefficient (Wildman–Crippen LogP) is 0.631. The monoisotopic (exact) mass is 198 g/mol. The molecule has 1 saturated heterocycles. The molecule has 82 valence electrons. The molecule has 3 N–H and O–H groups in total. The van der Waals surface area contributed by atoms with Gasteiger partial charge in [0.2, 0.25) is 0 Å². The lowest BCUT2D eigenvalue weighted by Gasteiger charge is -2.36. The predicted molar refractivity (Wildman–Crippen MR) is 57.3 cm³/mol. The van der Waals surface area contributed by atoms with Gasteiger partial charge < -0.3 is 15.7 Å². The van der Waals surface area contributed by atoms with E-state index in [1.165, 1.54) is 19.3 Å². The molecule has 0 bridgehead atoms. The van der Waals surface area contributed by atoms with Gasteiger partial charge in [-0.2, -0.15) is 0 Å². The van der Waals surface area contributed by atoms with E-state index in [1.807, 2.05) is 0 Å². The van der Waals surface area contributed by atoms with Crippen LogP contribution in [0.15, 0.2) is 0 Å². The smallest absolute Gasteiger partial charge is 0.0693 e. The third-order valence-corrected chi connectivity index (χ3v) is 3.63. The second kappa shape index (κ2) is 4.17. The molecule has 0 aromatic heterocycles. The summed E-state index contributed by atoms with van der Waals surface area (Å²) < 4.78 is 0. The first-order valence-corrected chi connectivity index (χ1v) is 5.86. The molecule has 2 fully saturated rings. The van der Waals surface area contributed by atoms with Gasteiger partial charge >= 0.3 is 0 Å². The summed E-state index contributed by atoms with van der Waals surface area (Å²) in [7, 11) is 0. The van der Waals surface area contributed by atoms with Crippen LogP contribution in [0, 0.1) is 0 Å². The lowest BCUT2D eigenvalue weighted by molar-refractivity contribution is 0.0759. The van der Waals surface area contributed by atoms with E-state index in [0.717, 1.165) is 25.9 Å². The fourth-order valence-corrected chi connectivity index (χ4v) is 2.67. The standard InChI is InChI=1S/C11H22N2O/c1-11(6-7-12-8-11)13-9-4-2-3-5-10(9)14/h9-10,12-14H,2-8H2,1H3. The average Bonchev–Trinajstić information content (AvgIpc) is 2.57. The quantitative estimate of drug-likeness (QED) is 0.610. The van der Waals surface area contributed by atoms with Crippen LogP contribution in [0.5, 0.6) is 0 Å². The topological polar surface area (TPSA) is 44.3 Å². The van der Waals surface area contributed by atoms with Gasteiger partial charge in [0.25, 0.3) is 0 Å². The van der Waals surface area contributed by atoms with Crippen LogP contribution >= 0.6 is 0 Å². The molecule has 1 saturated carbocycles. The Hall–Kier alpha value is -0.120. The van der Waals surface area contributed by atoms with Crippen LogP contribution < -0.4 is 10.6 Å². The van der Waals surface area contributed by atoms with Gasteiger partial charge in [0.1, 0.15) is 0 Å². The molecule has 0 amide bonds. The van der Waals surface area contributed by atoms with Gasteiger partial charge in [0.15, 0.2) is 0 Å². The second-order valence-electron chi connectivity index (χ2n) is 5.09. The van der Waals surface area contributed by atoms with E-state index in [4.69, 9.17) is 0 Å². The van der Waals surface area contributed by atoms with Crippen LogP contribution in [0.3, 0.4) is 0 Å². The summed E-state index contributed by atoms with van der Waals surface area (Å²) in [5.74, 6) is 0. The average molecular weight is 198 g/mol. The van der Waals surface area contributed by atoms with Gasteiger partial charge in [-0.3, -0.25) is 0 Å². The summed E-state index contributed by atoms with van der Waals surface area (Å²) >= 11 is 0. The molecular weight excluding hydrogens is 176 g/mol. The van der Waals surface area contributed by atoms with Crippen LogP contribution in [-0.2, 0) is 0 Å². The minimum absolute atomic E-state index is 0.124. The maximum atomic E-state index is 9.86. The van der Waals surface area contributed by atoms with E-state index in [2.05, 4.69) is 17.6 Å². The molecule has 2 aliphatic rings. The Bertz CT molecular complexity index is 190. The minimum atomic E-state index is -0.124. The van der Waals surface area contributed by atoms with Crippen molar-refractivity contribution < 1.29 is 5.11 Å². The summed E-state index contributed by atoms with van der Waals surface area (Å²) in [6.07, 6.45) is 5.61. The second-order valence-corrected chi connectivity index (χ2v) is 5.09. The molecule has 2 rings (SSSR count). The number of rotatable bonds is 2. The van der Waals surface area contributed by atoms with Crippen molar-refractivity contribution in [3.8, 4) is 0 Å². The van der Waals surface area contributed by atoms with Crippen molar-refractivity contribution in [2.45, 2.75) is 56.7 Å². The highest BCUT2D eigenvalue weighted by Crippen LogP contribution is 2.22. The maximum absolute atomic E-state index is 9.86. The Labute approximate surface area is 86.3 Å². The summed E-state index contributed by atoms with van der Waals surface area (Å²) in [5.41, 5.74) is 0.211. The molecule has 0 spiro atoms. The molecule has 3 atom stereocenters. The SMILES string of the molecule is CC1(NC2CCCCC2O)CCNC1. The van der Waals surface area contributed by atoms with Gasteiger partial charge in [0, 0.05) is 18.1 Å². The highest BCUT2D eigenvalue weighted by Gasteiger charge is 2.33. The Morgan fingerprint density at radius 3 is 2.79 bits per heavy atom. The van der Waals surface area contributed by atoms with Crippen LogP contribution in [0.4, 0.5) is 0 Å². The van der Waals surface area contributed by atoms with Crippen LogP contribution in [0.25, 0.3) is 0 Å². The van der Waals surface area contributed by atoms with Gasteiger partial charge in [0.05, 0.1) is 6.10 Å². The van der Waals surface area contributed by atoms with E-state index < -0.39 is 0 Å². The molecule has 14 heavy (non-hydrogen) atoms. The summed E-state index contributed by atoms with van der Waals surface area (Å²) in [5, 5.41) is 16.9. The van der Waals surface area contributed by atoms with E-state index in [1.54, 1.807) is 0 Å².